The summed E-state index contributed by atoms with van der Waals surface area (Å²) in [7, 11) is -3.79. The third kappa shape index (κ3) is 2.97. The Morgan fingerprint density at radius 1 is 1.40 bits per heavy atom. The number of alkyl halides is 1. The number of rotatable bonds is 4. The largest absolute Gasteiger partial charge is 0.478 e. The van der Waals surface area contributed by atoms with Crippen LogP contribution in [0.25, 0.3) is 0 Å². The van der Waals surface area contributed by atoms with E-state index in [1.54, 1.807) is 0 Å². The monoisotopic (exact) mass is 317 g/mol. The van der Waals surface area contributed by atoms with E-state index in [0.29, 0.717) is 19.0 Å². The molecule has 0 aromatic heterocycles. The third-order valence-corrected chi connectivity index (χ3v) is 5.79. The van der Waals surface area contributed by atoms with Crippen LogP contribution in [0.3, 0.4) is 0 Å². The van der Waals surface area contributed by atoms with Gasteiger partial charge in [0, 0.05) is 19.0 Å². The molecule has 1 aromatic carbocycles. The van der Waals surface area contributed by atoms with Gasteiger partial charge in [-0.15, -0.1) is 11.6 Å². The first-order valence-electron chi connectivity index (χ1n) is 6.35. The molecule has 0 spiro atoms. The molecule has 0 radical (unpaired) electrons. The Bertz CT molecular complexity index is 602. The van der Waals surface area contributed by atoms with Crippen molar-refractivity contribution in [1.82, 2.24) is 4.31 Å². The van der Waals surface area contributed by atoms with E-state index in [1.165, 1.54) is 28.6 Å². The van der Waals surface area contributed by atoms with Crippen molar-refractivity contribution in [3.05, 3.63) is 29.8 Å². The minimum absolute atomic E-state index is 0.122. The molecule has 1 aliphatic rings. The summed E-state index contributed by atoms with van der Waals surface area (Å²) in [5.74, 6) is -0.709. The van der Waals surface area contributed by atoms with Gasteiger partial charge < -0.3 is 5.11 Å². The van der Waals surface area contributed by atoms with Gasteiger partial charge in [0.1, 0.15) is 0 Å². The lowest BCUT2D eigenvalue weighted by Gasteiger charge is -2.31. The molecule has 1 N–H and O–H groups in total. The van der Waals surface area contributed by atoms with Gasteiger partial charge in [-0.25, -0.2) is 13.2 Å². The first kappa shape index (κ1) is 15.3. The third-order valence-electron chi connectivity index (χ3n) is 3.44. The number of aromatic carboxylic acids is 1. The minimum atomic E-state index is -3.79. The van der Waals surface area contributed by atoms with Crippen molar-refractivity contribution in [3.8, 4) is 0 Å². The lowest BCUT2D eigenvalue weighted by Crippen LogP contribution is -2.40. The number of sulfonamides is 1. The van der Waals surface area contributed by atoms with Gasteiger partial charge in [0.05, 0.1) is 10.5 Å². The lowest BCUT2D eigenvalue weighted by molar-refractivity contribution is 0.0692. The molecule has 0 amide bonds. The maximum atomic E-state index is 12.6. The van der Waals surface area contributed by atoms with Crippen molar-refractivity contribution in [2.45, 2.75) is 17.7 Å². The van der Waals surface area contributed by atoms with Crippen molar-refractivity contribution in [2.24, 2.45) is 5.92 Å². The molecule has 0 saturated carbocycles. The normalized spacial score (nSPS) is 20.8. The summed E-state index contributed by atoms with van der Waals surface area (Å²) in [6.45, 7) is 0.753. The Hall–Kier alpha value is -1.11. The van der Waals surface area contributed by atoms with Gasteiger partial charge in [-0.2, -0.15) is 4.31 Å². The summed E-state index contributed by atoms with van der Waals surface area (Å²) in [6.07, 6.45) is 1.64. The zero-order chi connectivity index (χ0) is 14.8. The van der Waals surface area contributed by atoms with Crippen LogP contribution in [0, 0.1) is 5.92 Å². The maximum Gasteiger partial charge on any atom is 0.337 e. The van der Waals surface area contributed by atoms with E-state index in [1.807, 2.05) is 0 Å². The predicted molar refractivity (Wildman–Crippen MR) is 75.6 cm³/mol. The molecule has 0 bridgehead atoms. The van der Waals surface area contributed by atoms with E-state index in [4.69, 9.17) is 16.7 Å². The Kier molecular flexibility index (Phi) is 4.67. The summed E-state index contributed by atoms with van der Waals surface area (Å²) >= 11 is 5.81. The highest BCUT2D eigenvalue weighted by Gasteiger charge is 2.32. The quantitative estimate of drug-likeness (QED) is 0.862. The molecule has 5 nitrogen and oxygen atoms in total. The standard InChI is InChI=1S/C13H16ClNO4S/c14-8-10-4-3-7-15(9-10)20(18,19)12-6-2-1-5-11(12)13(16)17/h1-2,5-6,10H,3-4,7-9H2,(H,16,17). The number of carboxylic acids is 1. The number of piperidine rings is 1. The van der Waals surface area contributed by atoms with Gasteiger partial charge in [-0.3, -0.25) is 0 Å². The van der Waals surface area contributed by atoms with Crippen LogP contribution in [0.2, 0.25) is 0 Å². The molecule has 1 heterocycles. The van der Waals surface area contributed by atoms with E-state index < -0.39 is 16.0 Å². The van der Waals surface area contributed by atoms with Gasteiger partial charge in [0.2, 0.25) is 10.0 Å². The van der Waals surface area contributed by atoms with Crippen LogP contribution in [-0.2, 0) is 10.0 Å². The molecule has 1 fully saturated rings. The van der Waals surface area contributed by atoms with Crippen LogP contribution >= 0.6 is 11.6 Å². The van der Waals surface area contributed by atoms with Gasteiger partial charge in [0.25, 0.3) is 0 Å². The second-order valence-electron chi connectivity index (χ2n) is 4.83. The van der Waals surface area contributed by atoms with Crippen molar-refractivity contribution in [1.29, 1.82) is 0 Å². The maximum absolute atomic E-state index is 12.6. The van der Waals surface area contributed by atoms with Gasteiger partial charge >= 0.3 is 5.97 Å². The van der Waals surface area contributed by atoms with Gasteiger partial charge in [-0.1, -0.05) is 12.1 Å². The molecular formula is C13H16ClNO4S. The average Bonchev–Trinajstić information content (AvgIpc) is 2.47. The number of halogens is 1. The minimum Gasteiger partial charge on any atom is -0.478 e. The SMILES string of the molecule is O=C(O)c1ccccc1S(=O)(=O)N1CCCC(CCl)C1. The Balaban J connectivity index is 2.38. The first-order chi connectivity index (χ1) is 9.46. The fraction of sp³-hybridized carbons (Fsp3) is 0.462. The lowest BCUT2D eigenvalue weighted by atomic mass is 10.0. The zero-order valence-corrected chi connectivity index (χ0v) is 12.4. The molecule has 1 aromatic rings. The highest BCUT2D eigenvalue weighted by molar-refractivity contribution is 7.89. The molecule has 7 heteroatoms. The molecule has 1 saturated heterocycles. The average molecular weight is 318 g/mol. The van der Waals surface area contributed by atoms with Crippen molar-refractivity contribution in [3.63, 3.8) is 0 Å². The second kappa shape index (κ2) is 6.11. The highest BCUT2D eigenvalue weighted by Crippen LogP contribution is 2.26. The fourth-order valence-corrected chi connectivity index (χ4v) is 4.37. The van der Waals surface area contributed by atoms with Crippen LogP contribution in [-0.4, -0.2) is 42.8 Å². The molecule has 20 heavy (non-hydrogen) atoms. The summed E-state index contributed by atoms with van der Waals surface area (Å²) in [6, 6.07) is 5.68. The van der Waals surface area contributed by atoms with E-state index in [-0.39, 0.29) is 16.4 Å². The zero-order valence-electron chi connectivity index (χ0n) is 10.8. The summed E-state index contributed by atoms with van der Waals surface area (Å²) in [4.78, 5) is 11.0. The molecule has 0 aliphatic carbocycles. The van der Waals surface area contributed by atoms with Crippen LogP contribution in [0.5, 0.6) is 0 Å². The van der Waals surface area contributed by atoms with Crippen LogP contribution < -0.4 is 0 Å². The van der Waals surface area contributed by atoms with E-state index in [0.717, 1.165) is 12.8 Å². The van der Waals surface area contributed by atoms with Gasteiger partial charge in [-0.05, 0) is 30.9 Å². The second-order valence-corrected chi connectivity index (χ2v) is 7.04. The van der Waals surface area contributed by atoms with Crippen LogP contribution in [0.4, 0.5) is 0 Å². The van der Waals surface area contributed by atoms with Crippen LogP contribution in [0.15, 0.2) is 29.2 Å². The predicted octanol–water partition coefficient (Wildman–Crippen LogP) is 2.02. The first-order valence-corrected chi connectivity index (χ1v) is 8.32. The summed E-state index contributed by atoms with van der Waals surface area (Å²) in [5.41, 5.74) is -0.194. The number of benzene rings is 1. The Morgan fingerprint density at radius 3 is 2.75 bits per heavy atom. The van der Waals surface area contributed by atoms with Crippen LogP contribution in [0.1, 0.15) is 23.2 Å². The molecule has 110 valence electrons. The van der Waals surface area contributed by atoms with E-state index in [2.05, 4.69) is 0 Å². The Labute approximate surface area is 123 Å². The topological polar surface area (TPSA) is 74.7 Å². The number of nitrogens with zero attached hydrogens (tertiary/aromatic N) is 1. The number of hydrogen-bond acceptors (Lipinski definition) is 3. The Morgan fingerprint density at radius 2 is 2.10 bits per heavy atom. The summed E-state index contributed by atoms with van der Waals surface area (Å²) in [5, 5.41) is 9.12. The molecule has 1 unspecified atom stereocenters. The fourth-order valence-electron chi connectivity index (χ4n) is 2.38. The number of carboxylic acid groups (broad SMARTS) is 1. The molecule has 1 atom stereocenters. The van der Waals surface area contributed by atoms with Crippen molar-refractivity contribution in [2.75, 3.05) is 19.0 Å². The molecule has 2 rings (SSSR count). The number of carbonyl (C=O) groups is 1. The van der Waals surface area contributed by atoms with E-state index in [9.17, 15) is 13.2 Å². The van der Waals surface area contributed by atoms with E-state index >= 15 is 0 Å². The highest BCUT2D eigenvalue weighted by atomic mass is 35.5. The van der Waals surface area contributed by atoms with Crippen molar-refractivity contribution >= 4 is 27.6 Å². The van der Waals surface area contributed by atoms with Crippen molar-refractivity contribution < 1.29 is 18.3 Å². The molecule has 1 aliphatic heterocycles. The van der Waals surface area contributed by atoms with Gasteiger partial charge in [0.15, 0.2) is 0 Å². The molecular weight excluding hydrogens is 302 g/mol. The smallest absolute Gasteiger partial charge is 0.337 e. The number of hydrogen-bond donors (Lipinski definition) is 1. The summed E-state index contributed by atoms with van der Waals surface area (Å²) < 4.78 is 26.5.